The third-order valence-corrected chi connectivity index (χ3v) is 3.53. The first kappa shape index (κ1) is 12.8. The minimum Gasteiger partial charge on any atom is -0.326 e. The molecule has 5 nitrogen and oxygen atoms in total. The highest BCUT2D eigenvalue weighted by atomic mass is 32.1. The van der Waals surface area contributed by atoms with Crippen molar-refractivity contribution in [1.29, 1.82) is 0 Å². The first-order valence-corrected chi connectivity index (χ1v) is 6.51. The Balaban J connectivity index is 2.39. The van der Waals surface area contributed by atoms with Crippen LogP contribution < -0.4 is 16.6 Å². The molecule has 2 aromatic rings. The predicted molar refractivity (Wildman–Crippen MR) is 75.6 cm³/mol. The summed E-state index contributed by atoms with van der Waals surface area (Å²) in [6.45, 7) is 5.70. The van der Waals surface area contributed by atoms with Gasteiger partial charge < -0.3 is 5.32 Å². The number of benzene rings is 1. The van der Waals surface area contributed by atoms with Crippen molar-refractivity contribution in [3.05, 3.63) is 17.7 Å². The number of thiazole rings is 1. The second-order valence-corrected chi connectivity index (χ2v) is 5.48. The summed E-state index contributed by atoms with van der Waals surface area (Å²) in [5.41, 5.74) is 5.27. The summed E-state index contributed by atoms with van der Waals surface area (Å²) in [5, 5.41) is 3.56. The van der Waals surface area contributed by atoms with E-state index in [2.05, 4.69) is 15.7 Å². The first-order valence-electron chi connectivity index (χ1n) is 5.70. The van der Waals surface area contributed by atoms with Gasteiger partial charge in [-0.25, -0.2) is 10.8 Å². The maximum atomic E-state index is 11.7. The molecule has 0 aliphatic carbocycles. The number of anilines is 2. The van der Waals surface area contributed by atoms with Gasteiger partial charge in [-0.1, -0.05) is 25.2 Å². The highest BCUT2D eigenvalue weighted by Crippen LogP contribution is 2.30. The second kappa shape index (κ2) is 4.91. The first-order chi connectivity index (χ1) is 8.51. The Kier molecular flexibility index (Phi) is 3.49. The topological polar surface area (TPSA) is 80.0 Å². The number of nitrogens with zero attached hydrogens (tertiary/aromatic N) is 1. The van der Waals surface area contributed by atoms with E-state index < -0.39 is 0 Å². The summed E-state index contributed by atoms with van der Waals surface area (Å²) in [6, 6.07) is 3.84. The molecule has 1 aromatic heterocycles. The van der Waals surface area contributed by atoms with Crippen LogP contribution in [0.4, 0.5) is 10.8 Å². The summed E-state index contributed by atoms with van der Waals surface area (Å²) in [5.74, 6) is 5.32. The molecule has 0 unspecified atom stereocenters. The van der Waals surface area contributed by atoms with Gasteiger partial charge in [-0.05, 0) is 24.6 Å². The van der Waals surface area contributed by atoms with Crippen molar-refractivity contribution >= 4 is 38.3 Å². The molecule has 18 heavy (non-hydrogen) atoms. The number of fused-ring (bicyclic) bond motifs is 1. The van der Waals surface area contributed by atoms with E-state index in [1.165, 1.54) is 11.3 Å². The molecule has 4 N–H and O–H groups in total. The van der Waals surface area contributed by atoms with Crippen LogP contribution in [0.2, 0.25) is 0 Å². The fourth-order valence-electron chi connectivity index (χ4n) is 1.62. The minimum atomic E-state index is -0.0382. The van der Waals surface area contributed by atoms with E-state index >= 15 is 0 Å². The average Bonchev–Trinajstić information content (AvgIpc) is 2.72. The van der Waals surface area contributed by atoms with Gasteiger partial charge in [0.2, 0.25) is 5.91 Å². The lowest BCUT2D eigenvalue weighted by molar-refractivity contribution is -0.118. The van der Waals surface area contributed by atoms with Gasteiger partial charge in [0.05, 0.1) is 10.2 Å². The minimum absolute atomic E-state index is 0.00967. The summed E-state index contributed by atoms with van der Waals surface area (Å²) < 4.78 is 1.00. The number of nitrogens with one attached hydrogen (secondary N) is 2. The van der Waals surface area contributed by atoms with Gasteiger partial charge in [0.15, 0.2) is 5.13 Å². The maximum Gasteiger partial charge on any atom is 0.226 e. The van der Waals surface area contributed by atoms with Gasteiger partial charge in [-0.15, -0.1) is 0 Å². The predicted octanol–water partition coefficient (Wildman–Crippen LogP) is 2.48. The molecule has 0 aliphatic rings. The van der Waals surface area contributed by atoms with Crippen LogP contribution in [0.25, 0.3) is 10.2 Å². The number of hydrazine groups is 1. The molecule has 0 bridgehead atoms. The zero-order chi connectivity index (χ0) is 13.3. The van der Waals surface area contributed by atoms with Gasteiger partial charge >= 0.3 is 0 Å². The van der Waals surface area contributed by atoms with Crippen molar-refractivity contribution < 1.29 is 4.79 Å². The van der Waals surface area contributed by atoms with Crippen LogP contribution in [0, 0.1) is 12.8 Å². The Morgan fingerprint density at radius 3 is 2.78 bits per heavy atom. The van der Waals surface area contributed by atoms with Gasteiger partial charge in [-0.2, -0.15) is 0 Å². The van der Waals surface area contributed by atoms with Crippen LogP contribution in [0.15, 0.2) is 12.1 Å². The Labute approximate surface area is 109 Å². The standard InChI is InChI=1S/C12H16N4OS/c1-6(2)11(17)14-8-4-7(3)10-9(5-8)18-12(15-10)16-13/h4-6H,13H2,1-3H3,(H,14,17)(H,15,16). The fraction of sp³-hybridized carbons (Fsp3) is 0.333. The lowest BCUT2D eigenvalue weighted by Gasteiger charge is -2.08. The summed E-state index contributed by atoms with van der Waals surface area (Å²) in [6.07, 6.45) is 0. The summed E-state index contributed by atoms with van der Waals surface area (Å²) >= 11 is 1.46. The van der Waals surface area contributed by atoms with Gasteiger partial charge in [-0.3, -0.25) is 10.2 Å². The molecule has 0 spiro atoms. The van der Waals surface area contributed by atoms with Crippen LogP contribution in [0.5, 0.6) is 0 Å². The summed E-state index contributed by atoms with van der Waals surface area (Å²) in [4.78, 5) is 16.0. The highest BCUT2D eigenvalue weighted by molar-refractivity contribution is 7.22. The molecular formula is C12H16N4OS. The van der Waals surface area contributed by atoms with E-state index in [1.807, 2.05) is 32.9 Å². The fourth-order valence-corrected chi connectivity index (χ4v) is 2.51. The van der Waals surface area contributed by atoms with Crippen molar-refractivity contribution in [1.82, 2.24) is 4.98 Å². The normalized spacial score (nSPS) is 10.9. The largest absolute Gasteiger partial charge is 0.326 e. The van der Waals surface area contributed by atoms with Crippen molar-refractivity contribution in [2.24, 2.45) is 11.8 Å². The van der Waals surface area contributed by atoms with Gasteiger partial charge in [0.1, 0.15) is 0 Å². The molecule has 0 saturated heterocycles. The van der Waals surface area contributed by atoms with E-state index in [0.29, 0.717) is 5.13 Å². The molecular weight excluding hydrogens is 248 g/mol. The number of nitrogens with two attached hydrogens (primary N) is 1. The van der Waals surface area contributed by atoms with Crippen molar-refractivity contribution in [2.45, 2.75) is 20.8 Å². The second-order valence-electron chi connectivity index (χ2n) is 4.45. The molecule has 1 amide bonds. The smallest absolute Gasteiger partial charge is 0.226 e. The number of amides is 1. The van der Waals surface area contributed by atoms with Gasteiger partial charge in [0, 0.05) is 11.6 Å². The van der Waals surface area contributed by atoms with E-state index in [1.54, 1.807) is 0 Å². The summed E-state index contributed by atoms with van der Waals surface area (Å²) in [7, 11) is 0. The molecule has 2 rings (SSSR count). The van der Waals surface area contributed by atoms with Crippen LogP contribution in [0.1, 0.15) is 19.4 Å². The molecule has 6 heteroatoms. The molecule has 1 heterocycles. The number of rotatable bonds is 3. The zero-order valence-corrected chi connectivity index (χ0v) is 11.4. The lowest BCUT2D eigenvalue weighted by atomic mass is 10.1. The number of aryl methyl sites for hydroxylation is 1. The SMILES string of the molecule is Cc1cc(NC(=O)C(C)C)cc2sc(NN)nc12. The number of carbonyl (C=O) groups is 1. The van der Waals surface area contributed by atoms with Crippen molar-refractivity contribution in [3.63, 3.8) is 0 Å². The molecule has 96 valence electrons. The Morgan fingerprint density at radius 1 is 1.44 bits per heavy atom. The third kappa shape index (κ3) is 2.44. The Bertz CT molecular complexity index is 591. The molecule has 0 saturated carbocycles. The maximum absolute atomic E-state index is 11.7. The number of hydrogen-bond acceptors (Lipinski definition) is 5. The van der Waals surface area contributed by atoms with Crippen LogP contribution >= 0.6 is 11.3 Å². The highest BCUT2D eigenvalue weighted by Gasteiger charge is 2.11. The third-order valence-electron chi connectivity index (χ3n) is 2.60. The van der Waals surface area contributed by atoms with Crippen LogP contribution in [-0.4, -0.2) is 10.9 Å². The molecule has 0 aliphatic heterocycles. The molecule has 0 atom stereocenters. The number of nitrogen functional groups attached to an aromatic ring is 1. The van der Waals surface area contributed by atoms with E-state index in [0.717, 1.165) is 21.5 Å². The van der Waals surface area contributed by atoms with Crippen LogP contribution in [0.3, 0.4) is 0 Å². The number of carbonyl (C=O) groups excluding carboxylic acids is 1. The van der Waals surface area contributed by atoms with E-state index in [4.69, 9.17) is 5.84 Å². The number of aromatic nitrogens is 1. The average molecular weight is 264 g/mol. The van der Waals surface area contributed by atoms with Gasteiger partial charge in [0.25, 0.3) is 0 Å². The van der Waals surface area contributed by atoms with Crippen molar-refractivity contribution in [3.8, 4) is 0 Å². The number of hydrogen-bond donors (Lipinski definition) is 3. The molecule has 1 aromatic carbocycles. The van der Waals surface area contributed by atoms with Crippen molar-refractivity contribution in [2.75, 3.05) is 10.7 Å². The van der Waals surface area contributed by atoms with Crippen LogP contribution in [-0.2, 0) is 4.79 Å². The molecule has 0 fully saturated rings. The Hall–Kier alpha value is -1.66. The molecule has 0 radical (unpaired) electrons. The Morgan fingerprint density at radius 2 is 2.17 bits per heavy atom. The van der Waals surface area contributed by atoms with E-state index in [9.17, 15) is 4.79 Å². The lowest BCUT2D eigenvalue weighted by Crippen LogP contribution is -2.17. The monoisotopic (exact) mass is 264 g/mol. The van der Waals surface area contributed by atoms with E-state index in [-0.39, 0.29) is 11.8 Å². The zero-order valence-electron chi connectivity index (χ0n) is 10.6. The quantitative estimate of drug-likeness (QED) is 0.587.